The van der Waals surface area contributed by atoms with E-state index in [0.29, 0.717) is 12.2 Å². The first-order valence-electron chi connectivity index (χ1n) is 6.99. The molecule has 2 rings (SSSR count). The van der Waals surface area contributed by atoms with E-state index in [-0.39, 0.29) is 5.56 Å². The van der Waals surface area contributed by atoms with Crippen molar-refractivity contribution in [1.29, 1.82) is 0 Å². The van der Waals surface area contributed by atoms with Gasteiger partial charge in [0.2, 0.25) is 0 Å². The molecule has 0 amide bonds. The van der Waals surface area contributed by atoms with Gasteiger partial charge in [-0.15, -0.1) is 0 Å². The Labute approximate surface area is 127 Å². The highest BCUT2D eigenvalue weighted by Crippen LogP contribution is 2.14. The number of rotatable bonds is 4. The maximum atomic E-state index is 13.1. The predicted octanol–water partition coefficient (Wildman–Crippen LogP) is 4.68. The normalized spacial score (nSPS) is 10.0. The van der Waals surface area contributed by atoms with Crippen LogP contribution in [0, 0.1) is 29.3 Å². The summed E-state index contributed by atoms with van der Waals surface area (Å²) in [6, 6.07) is 8.81. The Hall–Kier alpha value is -2.41. The lowest BCUT2D eigenvalue weighted by molar-refractivity contribution is 0.309. The summed E-state index contributed by atoms with van der Waals surface area (Å²) in [5.74, 6) is 2.14. The third-order valence-electron chi connectivity index (χ3n) is 2.96. The molecule has 0 aliphatic rings. The van der Waals surface area contributed by atoms with Crippen molar-refractivity contribution in [2.45, 2.75) is 19.8 Å². The zero-order valence-corrected chi connectivity index (χ0v) is 12.1. The Kier molecular flexibility index (Phi) is 5.48. The van der Waals surface area contributed by atoms with E-state index in [1.54, 1.807) is 24.3 Å². The molecule has 4 heteroatoms. The topological polar surface area (TPSA) is 9.23 Å². The first kappa shape index (κ1) is 16.0. The summed E-state index contributed by atoms with van der Waals surface area (Å²) >= 11 is 0. The molecule has 0 saturated carbocycles. The molecule has 0 bridgehead atoms. The van der Waals surface area contributed by atoms with Crippen LogP contribution < -0.4 is 4.74 Å². The fraction of sp³-hybridized carbons (Fsp3) is 0.222. The molecule has 114 valence electrons. The van der Waals surface area contributed by atoms with E-state index in [0.717, 1.165) is 30.7 Å². The highest BCUT2D eigenvalue weighted by atomic mass is 19.2. The van der Waals surface area contributed by atoms with Crippen LogP contribution in [0.2, 0.25) is 0 Å². The zero-order chi connectivity index (χ0) is 15.9. The van der Waals surface area contributed by atoms with Crippen molar-refractivity contribution < 1.29 is 17.9 Å². The van der Waals surface area contributed by atoms with Crippen LogP contribution in [0.3, 0.4) is 0 Å². The number of halogens is 3. The first-order valence-corrected chi connectivity index (χ1v) is 6.99. The van der Waals surface area contributed by atoms with Crippen LogP contribution in [-0.4, -0.2) is 6.61 Å². The van der Waals surface area contributed by atoms with Crippen molar-refractivity contribution in [3.63, 3.8) is 0 Å². The second-order valence-corrected chi connectivity index (χ2v) is 4.73. The molecule has 2 aromatic rings. The molecule has 0 N–H and O–H groups in total. The molecule has 0 aliphatic heterocycles. The second kappa shape index (κ2) is 7.56. The maximum absolute atomic E-state index is 13.1. The van der Waals surface area contributed by atoms with Gasteiger partial charge in [0, 0.05) is 11.1 Å². The number of hydrogen-bond acceptors (Lipinski definition) is 1. The molecule has 1 nitrogen and oxygen atoms in total. The van der Waals surface area contributed by atoms with E-state index in [2.05, 4.69) is 18.8 Å². The molecule has 0 aromatic heterocycles. The SMILES string of the molecule is CCCCOc1ccc(C#Cc2cc(F)c(F)c(F)c2)cc1. The standard InChI is InChI=1S/C18H15F3O/c1-2-3-10-22-15-8-6-13(7-9-15)4-5-14-11-16(19)18(21)17(20)12-14/h6-9,11-12H,2-3,10H2,1H3. The van der Waals surface area contributed by atoms with Gasteiger partial charge in [0.05, 0.1) is 6.61 Å². The molecule has 0 aliphatic carbocycles. The Morgan fingerprint density at radius 2 is 1.50 bits per heavy atom. The van der Waals surface area contributed by atoms with Crippen LogP contribution in [0.4, 0.5) is 13.2 Å². The summed E-state index contributed by atoms with van der Waals surface area (Å²) in [7, 11) is 0. The van der Waals surface area contributed by atoms with E-state index in [1.807, 2.05) is 0 Å². The van der Waals surface area contributed by atoms with Gasteiger partial charge < -0.3 is 4.74 Å². The first-order chi connectivity index (χ1) is 10.6. The van der Waals surface area contributed by atoms with Gasteiger partial charge in [0.25, 0.3) is 0 Å². The molecule has 0 radical (unpaired) electrons. The van der Waals surface area contributed by atoms with Gasteiger partial charge in [-0.25, -0.2) is 13.2 Å². The molecule has 0 heterocycles. The zero-order valence-electron chi connectivity index (χ0n) is 12.1. The fourth-order valence-electron chi connectivity index (χ4n) is 1.74. The van der Waals surface area contributed by atoms with Crippen molar-refractivity contribution in [2.24, 2.45) is 0 Å². The van der Waals surface area contributed by atoms with Crippen molar-refractivity contribution >= 4 is 0 Å². The monoisotopic (exact) mass is 304 g/mol. The van der Waals surface area contributed by atoms with E-state index in [9.17, 15) is 13.2 Å². The number of ether oxygens (including phenoxy) is 1. The van der Waals surface area contributed by atoms with E-state index in [4.69, 9.17) is 4.74 Å². The predicted molar refractivity (Wildman–Crippen MR) is 79.1 cm³/mol. The van der Waals surface area contributed by atoms with Gasteiger partial charge in [0.15, 0.2) is 17.5 Å². The molecule has 0 unspecified atom stereocenters. The molecule has 2 aromatic carbocycles. The molecular formula is C18H15F3O. The van der Waals surface area contributed by atoms with Gasteiger partial charge >= 0.3 is 0 Å². The minimum absolute atomic E-state index is 0.0830. The maximum Gasteiger partial charge on any atom is 0.194 e. The van der Waals surface area contributed by atoms with Gasteiger partial charge in [-0.3, -0.25) is 0 Å². The smallest absolute Gasteiger partial charge is 0.194 e. The van der Waals surface area contributed by atoms with Crippen LogP contribution in [0.5, 0.6) is 5.75 Å². The van der Waals surface area contributed by atoms with E-state index >= 15 is 0 Å². The lowest BCUT2D eigenvalue weighted by atomic mass is 10.1. The average Bonchev–Trinajstić information content (AvgIpc) is 2.52. The van der Waals surface area contributed by atoms with Crippen LogP contribution in [0.1, 0.15) is 30.9 Å². The van der Waals surface area contributed by atoms with Crippen molar-refractivity contribution in [3.8, 4) is 17.6 Å². The highest BCUT2D eigenvalue weighted by molar-refractivity contribution is 5.44. The molecule has 22 heavy (non-hydrogen) atoms. The van der Waals surface area contributed by atoms with Gasteiger partial charge in [-0.1, -0.05) is 25.2 Å². The van der Waals surface area contributed by atoms with Gasteiger partial charge in [-0.2, -0.15) is 0 Å². The van der Waals surface area contributed by atoms with Crippen LogP contribution >= 0.6 is 0 Å². The summed E-state index contributed by atoms with van der Waals surface area (Å²) in [4.78, 5) is 0. The van der Waals surface area contributed by atoms with Crippen molar-refractivity contribution in [3.05, 3.63) is 65.0 Å². The molecule has 0 fully saturated rings. The quantitative estimate of drug-likeness (QED) is 0.452. The van der Waals surface area contributed by atoms with Gasteiger partial charge in [0.1, 0.15) is 5.75 Å². The van der Waals surface area contributed by atoms with Gasteiger partial charge in [-0.05, 0) is 42.8 Å². The summed E-state index contributed by atoms with van der Waals surface area (Å²) < 4.78 is 44.5. The Balaban J connectivity index is 2.08. The number of benzene rings is 2. The minimum Gasteiger partial charge on any atom is -0.494 e. The van der Waals surface area contributed by atoms with Crippen molar-refractivity contribution in [2.75, 3.05) is 6.61 Å². The lowest BCUT2D eigenvalue weighted by Gasteiger charge is -2.04. The Morgan fingerprint density at radius 3 is 2.09 bits per heavy atom. The second-order valence-electron chi connectivity index (χ2n) is 4.73. The largest absolute Gasteiger partial charge is 0.494 e. The highest BCUT2D eigenvalue weighted by Gasteiger charge is 2.09. The minimum atomic E-state index is -1.49. The third-order valence-corrected chi connectivity index (χ3v) is 2.96. The molecular weight excluding hydrogens is 289 g/mol. The molecule has 0 saturated heterocycles. The fourth-order valence-corrected chi connectivity index (χ4v) is 1.74. The Bertz CT molecular complexity index is 674. The third kappa shape index (κ3) is 4.29. The average molecular weight is 304 g/mol. The summed E-state index contributed by atoms with van der Waals surface area (Å²) in [5.41, 5.74) is 0.757. The van der Waals surface area contributed by atoms with Crippen LogP contribution in [0.25, 0.3) is 0 Å². The Morgan fingerprint density at radius 1 is 0.909 bits per heavy atom. The lowest BCUT2D eigenvalue weighted by Crippen LogP contribution is -1.95. The van der Waals surface area contributed by atoms with E-state index < -0.39 is 17.5 Å². The van der Waals surface area contributed by atoms with E-state index in [1.165, 1.54) is 0 Å². The summed E-state index contributed by atoms with van der Waals surface area (Å²) in [6.45, 7) is 2.75. The molecule has 0 atom stereocenters. The number of unbranched alkanes of at least 4 members (excludes halogenated alkanes) is 1. The number of hydrogen-bond donors (Lipinski definition) is 0. The van der Waals surface area contributed by atoms with Crippen LogP contribution in [-0.2, 0) is 0 Å². The summed E-state index contributed by atoms with van der Waals surface area (Å²) in [6.07, 6.45) is 2.05. The van der Waals surface area contributed by atoms with Crippen LogP contribution in [0.15, 0.2) is 36.4 Å². The molecule has 0 spiro atoms. The van der Waals surface area contributed by atoms with Crippen molar-refractivity contribution in [1.82, 2.24) is 0 Å². The summed E-state index contributed by atoms with van der Waals surface area (Å²) in [5, 5.41) is 0.